The van der Waals surface area contributed by atoms with E-state index in [4.69, 9.17) is 12.2 Å². The molecule has 3 rings (SSSR count). The zero-order valence-electron chi connectivity index (χ0n) is 13.9. The highest BCUT2D eigenvalue weighted by molar-refractivity contribution is 9.10. The van der Waals surface area contributed by atoms with Gasteiger partial charge in [-0.15, -0.1) is 11.3 Å². The molecule has 2 aromatic carbocycles. The lowest BCUT2D eigenvalue weighted by molar-refractivity contribution is -0.116. The van der Waals surface area contributed by atoms with Crippen LogP contribution in [0.1, 0.15) is 5.56 Å². The van der Waals surface area contributed by atoms with Crippen LogP contribution in [0.15, 0.2) is 63.9 Å². The summed E-state index contributed by atoms with van der Waals surface area (Å²) < 4.78 is 2.61. The third-order valence-electron chi connectivity index (χ3n) is 3.77. The molecule has 3 aromatic rings. The number of aryl methyl sites for hydroxylation is 1. The fraction of sp³-hybridized carbons (Fsp3) is 0.105. The summed E-state index contributed by atoms with van der Waals surface area (Å²) in [7, 11) is 0. The van der Waals surface area contributed by atoms with Gasteiger partial charge in [-0.25, -0.2) is 0 Å². The first kappa shape index (κ1) is 18.7. The van der Waals surface area contributed by atoms with Gasteiger partial charge in [0, 0.05) is 21.1 Å². The fourth-order valence-electron chi connectivity index (χ4n) is 2.43. The van der Waals surface area contributed by atoms with Gasteiger partial charge in [-0.1, -0.05) is 46.3 Å². The van der Waals surface area contributed by atoms with Gasteiger partial charge >= 0.3 is 0 Å². The maximum atomic E-state index is 12.5. The fourth-order valence-corrected chi connectivity index (χ4v) is 4.11. The van der Waals surface area contributed by atoms with E-state index in [9.17, 15) is 9.59 Å². The maximum absolute atomic E-state index is 12.5. The lowest BCUT2D eigenvalue weighted by Crippen LogP contribution is -2.27. The molecule has 0 saturated heterocycles. The van der Waals surface area contributed by atoms with Crippen LogP contribution < -0.4 is 10.9 Å². The second kappa shape index (κ2) is 8.07. The van der Waals surface area contributed by atoms with Gasteiger partial charge in [0.05, 0.1) is 0 Å². The Kier molecular flexibility index (Phi) is 5.80. The number of nitrogens with zero attached hydrogens (tertiary/aromatic N) is 1. The Bertz CT molecular complexity index is 1060. The van der Waals surface area contributed by atoms with E-state index in [1.807, 2.05) is 55.5 Å². The Morgan fingerprint density at radius 2 is 1.96 bits per heavy atom. The Morgan fingerprint density at radius 1 is 1.19 bits per heavy atom. The normalized spacial score (nSPS) is 10.5. The first-order valence-corrected chi connectivity index (χ1v) is 9.82. The van der Waals surface area contributed by atoms with Crippen LogP contribution in [0.3, 0.4) is 0 Å². The summed E-state index contributed by atoms with van der Waals surface area (Å²) in [6.45, 7) is 1.80. The second-order valence-corrected chi connectivity index (χ2v) is 8.27. The van der Waals surface area contributed by atoms with Crippen LogP contribution in [0.4, 0.5) is 5.69 Å². The Hall–Kier alpha value is -2.09. The van der Waals surface area contributed by atoms with Gasteiger partial charge in [0.25, 0.3) is 5.56 Å². The number of rotatable bonds is 4. The van der Waals surface area contributed by atoms with Crippen LogP contribution in [-0.4, -0.2) is 10.5 Å². The number of amides is 1. The van der Waals surface area contributed by atoms with Crippen molar-refractivity contribution in [1.82, 2.24) is 4.57 Å². The third-order valence-corrected chi connectivity index (χ3v) is 5.70. The van der Waals surface area contributed by atoms with E-state index in [2.05, 4.69) is 21.2 Å². The molecule has 1 aromatic heterocycles. The molecule has 0 fully saturated rings. The summed E-state index contributed by atoms with van der Waals surface area (Å²) in [6.07, 6.45) is 0. The summed E-state index contributed by atoms with van der Waals surface area (Å²) in [5.74, 6) is -0.282. The van der Waals surface area contributed by atoms with Gasteiger partial charge in [-0.05, 0) is 48.5 Å². The summed E-state index contributed by atoms with van der Waals surface area (Å²) in [6, 6.07) is 16.7. The molecule has 1 N–H and O–H groups in total. The molecule has 0 aliphatic rings. The molecule has 26 heavy (non-hydrogen) atoms. The quantitative estimate of drug-likeness (QED) is 0.572. The molecule has 7 heteroatoms. The predicted molar refractivity (Wildman–Crippen MR) is 112 cm³/mol. The first-order valence-electron chi connectivity index (χ1n) is 7.80. The number of carbonyl (C=O) groups is 1. The van der Waals surface area contributed by atoms with Crippen molar-refractivity contribution in [3.05, 3.63) is 78.9 Å². The molecule has 0 saturated carbocycles. The van der Waals surface area contributed by atoms with Crippen LogP contribution in [0.25, 0.3) is 10.4 Å². The minimum Gasteiger partial charge on any atom is -0.324 e. The maximum Gasteiger partial charge on any atom is 0.254 e. The van der Waals surface area contributed by atoms with Crippen LogP contribution in [-0.2, 0) is 11.3 Å². The van der Waals surface area contributed by atoms with Gasteiger partial charge in [0.15, 0.2) is 3.95 Å². The van der Waals surface area contributed by atoms with Crippen molar-refractivity contribution < 1.29 is 4.79 Å². The van der Waals surface area contributed by atoms with E-state index < -0.39 is 0 Å². The number of hydrogen-bond donors (Lipinski definition) is 1. The van der Waals surface area contributed by atoms with E-state index in [0.717, 1.165) is 26.2 Å². The van der Waals surface area contributed by atoms with E-state index in [1.165, 1.54) is 22.0 Å². The molecule has 0 spiro atoms. The summed E-state index contributed by atoms with van der Waals surface area (Å²) in [5, 5.41) is 2.82. The molecule has 0 bridgehead atoms. The largest absolute Gasteiger partial charge is 0.324 e. The highest BCUT2D eigenvalue weighted by atomic mass is 79.9. The first-order chi connectivity index (χ1) is 12.4. The zero-order chi connectivity index (χ0) is 18.7. The number of anilines is 1. The van der Waals surface area contributed by atoms with Crippen molar-refractivity contribution in [2.45, 2.75) is 13.5 Å². The van der Waals surface area contributed by atoms with Crippen molar-refractivity contribution >= 4 is 51.1 Å². The second-order valence-electron chi connectivity index (χ2n) is 5.67. The zero-order valence-corrected chi connectivity index (χ0v) is 17.1. The predicted octanol–water partition coefficient (Wildman–Crippen LogP) is 5.02. The molecule has 0 aliphatic heterocycles. The monoisotopic (exact) mass is 446 g/mol. The number of benzene rings is 2. The molecular weight excluding hydrogens is 432 g/mol. The van der Waals surface area contributed by atoms with Crippen LogP contribution in [0.5, 0.6) is 0 Å². The molecule has 0 radical (unpaired) electrons. The topological polar surface area (TPSA) is 51.1 Å². The number of para-hydroxylation sites is 1. The van der Waals surface area contributed by atoms with Crippen molar-refractivity contribution in [3.63, 3.8) is 0 Å². The number of carbonyl (C=O) groups excluding carboxylic acids is 1. The summed E-state index contributed by atoms with van der Waals surface area (Å²) in [4.78, 5) is 25.6. The van der Waals surface area contributed by atoms with E-state index in [0.29, 0.717) is 3.95 Å². The SMILES string of the molecule is Cc1ccccc1NC(=O)Cn1c(=O)cc(-c2cccc(Br)c2)sc1=S. The molecule has 0 atom stereocenters. The Labute approximate surface area is 168 Å². The lowest BCUT2D eigenvalue weighted by Gasteiger charge is -2.10. The smallest absolute Gasteiger partial charge is 0.254 e. The molecule has 1 amide bonds. The van der Waals surface area contributed by atoms with E-state index >= 15 is 0 Å². The molecule has 132 valence electrons. The minimum atomic E-state index is -0.288. The Balaban J connectivity index is 1.85. The van der Waals surface area contributed by atoms with E-state index in [1.54, 1.807) is 0 Å². The van der Waals surface area contributed by atoms with Crippen molar-refractivity contribution in [1.29, 1.82) is 0 Å². The molecule has 4 nitrogen and oxygen atoms in total. The summed E-state index contributed by atoms with van der Waals surface area (Å²) >= 11 is 10.1. The highest BCUT2D eigenvalue weighted by Crippen LogP contribution is 2.25. The van der Waals surface area contributed by atoms with Crippen LogP contribution >= 0.6 is 39.5 Å². The number of aromatic nitrogens is 1. The van der Waals surface area contributed by atoms with Crippen molar-refractivity contribution in [2.75, 3.05) is 5.32 Å². The van der Waals surface area contributed by atoms with Gasteiger partial charge in [-0.3, -0.25) is 14.2 Å². The minimum absolute atomic E-state index is 0.110. The van der Waals surface area contributed by atoms with Crippen molar-refractivity contribution in [2.24, 2.45) is 0 Å². The molecular formula is C19H15BrN2O2S2. The molecule has 0 aliphatic carbocycles. The van der Waals surface area contributed by atoms with Crippen LogP contribution in [0.2, 0.25) is 0 Å². The van der Waals surface area contributed by atoms with Gasteiger partial charge in [0.2, 0.25) is 5.91 Å². The van der Waals surface area contributed by atoms with Gasteiger partial charge < -0.3 is 5.32 Å². The van der Waals surface area contributed by atoms with Crippen LogP contribution in [0, 0.1) is 10.9 Å². The van der Waals surface area contributed by atoms with Crippen molar-refractivity contribution in [3.8, 4) is 10.4 Å². The average molecular weight is 447 g/mol. The lowest BCUT2D eigenvalue weighted by atomic mass is 10.2. The number of hydrogen-bond acceptors (Lipinski definition) is 4. The summed E-state index contributed by atoms with van der Waals surface area (Å²) in [5.41, 5.74) is 2.30. The van der Waals surface area contributed by atoms with E-state index in [-0.39, 0.29) is 18.0 Å². The van der Waals surface area contributed by atoms with Gasteiger partial charge in [-0.2, -0.15) is 0 Å². The molecule has 1 heterocycles. The molecule has 0 unspecified atom stereocenters. The average Bonchev–Trinajstić information content (AvgIpc) is 2.60. The number of nitrogens with one attached hydrogen (secondary N) is 1. The third kappa shape index (κ3) is 4.35. The highest BCUT2D eigenvalue weighted by Gasteiger charge is 2.10. The van der Waals surface area contributed by atoms with Gasteiger partial charge in [0.1, 0.15) is 6.54 Å². The number of halogens is 1. The standard InChI is InChI=1S/C19H15BrN2O2S2/c1-12-5-2-3-8-15(12)21-17(23)11-22-18(24)10-16(26-19(22)25)13-6-4-7-14(20)9-13/h2-10H,11H2,1H3,(H,21,23). The Morgan fingerprint density at radius 3 is 2.65 bits per heavy atom.